The van der Waals surface area contributed by atoms with E-state index in [4.69, 9.17) is 23.2 Å². The molecule has 0 N–H and O–H groups in total. The zero-order valence-corrected chi connectivity index (χ0v) is 9.81. The summed E-state index contributed by atoms with van der Waals surface area (Å²) in [5, 5.41) is 10.9. The lowest BCUT2D eigenvalue weighted by Crippen LogP contribution is -1.90. The minimum absolute atomic E-state index is 0.00465. The zero-order valence-electron chi connectivity index (χ0n) is 8.30. The van der Waals surface area contributed by atoms with Gasteiger partial charge in [0.15, 0.2) is 5.15 Å². The molecule has 0 spiro atoms. The number of hydrogen-bond acceptors (Lipinski definition) is 4. The highest BCUT2D eigenvalue weighted by atomic mass is 35.5. The first-order valence-corrected chi connectivity index (χ1v) is 5.26. The predicted octanol–water partition coefficient (Wildman–Crippen LogP) is 3.36. The third-order valence-corrected chi connectivity index (χ3v) is 2.84. The lowest BCUT2D eigenvalue weighted by Gasteiger charge is -2.03. The molecule has 2 aromatic rings. The van der Waals surface area contributed by atoms with Gasteiger partial charge in [-0.2, -0.15) is 0 Å². The molecular formula is C10H5Cl2N3O2. The third-order valence-electron chi connectivity index (χ3n) is 2.10. The maximum atomic E-state index is 10.5. The fraction of sp³-hybridized carbons (Fsp3) is 0. The first kappa shape index (κ1) is 11.8. The van der Waals surface area contributed by atoms with Crippen LogP contribution in [0.25, 0.3) is 11.3 Å². The Bertz CT molecular complexity index is 572. The van der Waals surface area contributed by atoms with Crippen LogP contribution >= 0.6 is 23.2 Å². The highest BCUT2D eigenvalue weighted by Crippen LogP contribution is 2.30. The van der Waals surface area contributed by atoms with Gasteiger partial charge in [0.25, 0.3) is 5.69 Å². The van der Waals surface area contributed by atoms with Gasteiger partial charge < -0.3 is 0 Å². The van der Waals surface area contributed by atoms with Gasteiger partial charge >= 0.3 is 0 Å². The number of halogens is 2. The number of benzene rings is 1. The fourth-order valence-electron chi connectivity index (χ4n) is 1.29. The lowest BCUT2D eigenvalue weighted by molar-refractivity contribution is -0.384. The third kappa shape index (κ3) is 2.35. The second-order valence-electron chi connectivity index (χ2n) is 3.13. The maximum Gasteiger partial charge on any atom is 0.269 e. The van der Waals surface area contributed by atoms with Gasteiger partial charge in [-0.25, -0.2) is 9.97 Å². The molecule has 0 saturated heterocycles. The number of aromatic nitrogens is 2. The van der Waals surface area contributed by atoms with Crippen LogP contribution in [0, 0.1) is 10.1 Å². The van der Waals surface area contributed by atoms with Gasteiger partial charge in [0, 0.05) is 17.7 Å². The molecule has 0 radical (unpaired) electrons. The van der Waals surface area contributed by atoms with E-state index in [1.54, 1.807) is 12.1 Å². The van der Waals surface area contributed by atoms with E-state index in [1.807, 2.05) is 0 Å². The standard InChI is InChI=1S/C10H5Cl2N3O2/c11-8-9(13-5-14-10(8)12)6-1-3-7(4-2-6)15(16)17/h1-5H. The molecule has 0 amide bonds. The summed E-state index contributed by atoms with van der Waals surface area (Å²) < 4.78 is 0. The van der Waals surface area contributed by atoms with Crippen LogP contribution in [0.2, 0.25) is 10.2 Å². The summed E-state index contributed by atoms with van der Waals surface area (Å²) >= 11 is 11.7. The first-order chi connectivity index (χ1) is 8.09. The summed E-state index contributed by atoms with van der Waals surface area (Å²) in [6.07, 6.45) is 1.28. The zero-order chi connectivity index (χ0) is 12.4. The van der Waals surface area contributed by atoms with Crippen LogP contribution < -0.4 is 0 Å². The van der Waals surface area contributed by atoms with Gasteiger partial charge in [0.2, 0.25) is 0 Å². The Morgan fingerprint density at radius 2 is 1.76 bits per heavy atom. The van der Waals surface area contributed by atoms with E-state index < -0.39 is 4.92 Å². The van der Waals surface area contributed by atoms with Crippen molar-refractivity contribution in [2.75, 3.05) is 0 Å². The molecule has 17 heavy (non-hydrogen) atoms. The number of nitro groups is 1. The Morgan fingerprint density at radius 3 is 2.35 bits per heavy atom. The molecule has 7 heteroatoms. The molecule has 1 heterocycles. The molecular weight excluding hydrogens is 265 g/mol. The van der Waals surface area contributed by atoms with Gasteiger partial charge in [0.1, 0.15) is 11.3 Å². The number of hydrogen-bond donors (Lipinski definition) is 0. The van der Waals surface area contributed by atoms with Crippen molar-refractivity contribution in [2.24, 2.45) is 0 Å². The number of non-ortho nitro benzene ring substituents is 1. The van der Waals surface area contributed by atoms with E-state index in [1.165, 1.54) is 18.5 Å². The van der Waals surface area contributed by atoms with Crippen molar-refractivity contribution in [3.63, 3.8) is 0 Å². The predicted molar refractivity (Wildman–Crippen MR) is 64.1 cm³/mol. The van der Waals surface area contributed by atoms with Crippen molar-refractivity contribution in [1.29, 1.82) is 0 Å². The Kier molecular flexibility index (Phi) is 3.21. The molecule has 0 unspecified atom stereocenters. The summed E-state index contributed by atoms with van der Waals surface area (Å²) in [6.45, 7) is 0. The summed E-state index contributed by atoms with van der Waals surface area (Å²) in [5.74, 6) is 0. The van der Waals surface area contributed by atoms with Gasteiger partial charge in [0.05, 0.1) is 10.6 Å². The minimum Gasteiger partial charge on any atom is -0.258 e. The van der Waals surface area contributed by atoms with Crippen LogP contribution in [0.4, 0.5) is 5.69 Å². The Morgan fingerprint density at radius 1 is 1.12 bits per heavy atom. The topological polar surface area (TPSA) is 68.9 Å². The van der Waals surface area contributed by atoms with Crippen LogP contribution in [0.3, 0.4) is 0 Å². The van der Waals surface area contributed by atoms with E-state index in [2.05, 4.69) is 9.97 Å². The van der Waals surface area contributed by atoms with Crippen LogP contribution in [-0.2, 0) is 0 Å². The van der Waals surface area contributed by atoms with Crippen LogP contribution in [-0.4, -0.2) is 14.9 Å². The Balaban J connectivity index is 2.47. The number of rotatable bonds is 2. The largest absolute Gasteiger partial charge is 0.269 e. The second-order valence-corrected chi connectivity index (χ2v) is 3.87. The Hall–Kier alpha value is -1.72. The molecule has 86 valence electrons. The molecule has 0 saturated carbocycles. The minimum atomic E-state index is -0.474. The van der Waals surface area contributed by atoms with Gasteiger partial charge in [-0.05, 0) is 12.1 Å². The van der Waals surface area contributed by atoms with E-state index in [0.29, 0.717) is 11.3 Å². The van der Waals surface area contributed by atoms with Crippen LogP contribution in [0.1, 0.15) is 0 Å². The van der Waals surface area contributed by atoms with Gasteiger partial charge in [-0.15, -0.1) is 0 Å². The molecule has 0 aliphatic heterocycles. The SMILES string of the molecule is O=[N+]([O-])c1ccc(-c2ncnc(Cl)c2Cl)cc1. The van der Waals surface area contributed by atoms with Crippen molar-refractivity contribution in [2.45, 2.75) is 0 Å². The molecule has 0 aliphatic rings. The van der Waals surface area contributed by atoms with Crippen molar-refractivity contribution < 1.29 is 4.92 Å². The summed E-state index contributed by atoms with van der Waals surface area (Å²) in [5.41, 5.74) is 1.09. The molecule has 0 aliphatic carbocycles. The normalized spacial score (nSPS) is 10.2. The highest BCUT2D eigenvalue weighted by Gasteiger charge is 2.11. The molecule has 0 bridgehead atoms. The average Bonchev–Trinajstić information content (AvgIpc) is 2.33. The number of nitro benzene ring substituents is 1. The van der Waals surface area contributed by atoms with Crippen molar-refractivity contribution in [3.05, 3.63) is 50.9 Å². The van der Waals surface area contributed by atoms with Gasteiger partial charge in [-0.1, -0.05) is 23.2 Å². The lowest BCUT2D eigenvalue weighted by atomic mass is 10.1. The van der Waals surface area contributed by atoms with E-state index >= 15 is 0 Å². The maximum absolute atomic E-state index is 10.5. The molecule has 1 aromatic carbocycles. The highest BCUT2D eigenvalue weighted by molar-refractivity contribution is 6.42. The van der Waals surface area contributed by atoms with Crippen molar-refractivity contribution >= 4 is 28.9 Å². The summed E-state index contributed by atoms with van der Waals surface area (Å²) in [4.78, 5) is 17.7. The fourth-order valence-corrected chi connectivity index (χ4v) is 1.63. The summed E-state index contributed by atoms with van der Waals surface area (Å²) in [7, 11) is 0. The van der Waals surface area contributed by atoms with Crippen LogP contribution in [0.5, 0.6) is 0 Å². The monoisotopic (exact) mass is 269 g/mol. The molecule has 0 fully saturated rings. The second kappa shape index (κ2) is 4.65. The number of nitrogens with zero attached hydrogens (tertiary/aromatic N) is 3. The quantitative estimate of drug-likeness (QED) is 0.476. The molecule has 5 nitrogen and oxygen atoms in total. The van der Waals surface area contributed by atoms with Crippen molar-refractivity contribution in [3.8, 4) is 11.3 Å². The average molecular weight is 270 g/mol. The van der Waals surface area contributed by atoms with E-state index in [0.717, 1.165) is 0 Å². The molecule has 0 atom stereocenters. The molecule has 1 aromatic heterocycles. The summed E-state index contributed by atoms with van der Waals surface area (Å²) in [6, 6.07) is 5.87. The first-order valence-electron chi connectivity index (χ1n) is 4.50. The smallest absolute Gasteiger partial charge is 0.258 e. The molecule has 2 rings (SSSR count). The van der Waals surface area contributed by atoms with Crippen molar-refractivity contribution in [1.82, 2.24) is 9.97 Å². The Labute approximate surface area is 106 Å². The van der Waals surface area contributed by atoms with Crippen LogP contribution in [0.15, 0.2) is 30.6 Å². The van der Waals surface area contributed by atoms with Gasteiger partial charge in [-0.3, -0.25) is 10.1 Å². The van der Waals surface area contributed by atoms with E-state index in [9.17, 15) is 10.1 Å². The van der Waals surface area contributed by atoms with E-state index in [-0.39, 0.29) is 15.9 Å².